The zero-order valence-electron chi connectivity index (χ0n) is 11.7. The van der Waals surface area contributed by atoms with Gasteiger partial charge in [0.2, 0.25) is 0 Å². The number of halogens is 2. The zero-order valence-corrected chi connectivity index (χ0v) is 14.9. The van der Waals surface area contributed by atoms with Crippen LogP contribution in [0.25, 0.3) is 0 Å². The van der Waals surface area contributed by atoms with Gasteiger partial charge in [-0.25, -0.2) is 0 Å². The minimum absolute atomic E-state index is 0.0831. The van der Waals surface area contributed by atoms with E-state index >= 15 is 0 Å². The van der Waals surface area contributed by atoms with Crippen LogP contribution in [0.15, 0.2) is 20.2 Å². The quantitative estimate of drug-likeness (QED) is 0.728. The first-order valence-corrected chi connectivity index (χ1v) is 8.29. The fourth-order valence-corrected chi connectivity index (χ4v) is 2.81. The van der Waals surface area contributed by atoms with Crippen LogP contribution in [-0.2, 0) is 11.4 Å². The summed E-state index contributed by atoms with van der Waals surface area (Å²) in [5.41, 5.74) is 1.79. The van der Waals surface area contributed by atoms with Crippen molar-refractivity contribution < 1.29 is 19.1 Å². The fraction of sp³-hybridized carbons (Fsp3) is 0.308. The van der Waals surface area contributed by atoms with E-state index in [2.05, 4.69) is 26.1 Å². The minimum atomic E-state index is -0.947. The molecule has 0 saturated heterocycles. The van der Waals surface area contributed by atoms with Crippen molar-refractivity contribution in [3.63, 3.8) is 0 Å². The van der Waals surface area contributed by atoms with Crippen molar-refractivity contribution in [2.45, 2.75) is 25.7 Å². The van der Waals surface area contributed by atoms with E-state index in [1.54, 1.807) is 0 Å². The Morgan fingerprint density at radius 3 is 2.91 bits per heavy atom. The van der Waals surface area contributed by atoms with Gasteiger partial charge in [-0.15, -0.1) is 10.2 Å². The average molecular weight is 408 g/mol. The van der Waals surface area contributed by atoms with E-state index in [9.17, 15) is 4.79 Å². The van der Waals surface area contributed by atoms with E-state index in [-0.39, 0.29) is 23.5 Å². The van der Waals surface area contributed by atoms with Gasteiger partial charge in [-0.2, -0.15) is 0 Å². The normalized spacial score (nSPS) is 10.7. The number of aryl methyl sites for hydroxylation is 1. The van der Waals surface area contributed by atoms with Gasteiger partial charge in [-0.05, 0) is 47.0 Å². The topological polar surface area (TPSA) is 85.5 Å². The molecule has 1 N–H and O–H groups in total. The van der Waals surface area contributed by atoms with Crippen LogP contribution >= 0.6 is 39.3 Å². The van der Waals surface area contributed by atoms with Crippen LogP contribution in [0, 0.1) is 13.8 Å². The molecule has 0 atom stereocenters. The summed E-state index contributed by atoms with van der Waals surface area (Å²) in [6.45, 7) is 3.86. The average Bonchev–Trinajstić information content (AvgIpc) is 2.93. The first-order chi connectivity index (χ1) is 10.4. The molecule has 0 radical (unpaired) electrons. The highest BCUT2D eigenvalue weighted by Gasteiger charge is 2.13. The number of aliphatic carboxylic acids is 1. The van der Waals surface area contributed by atoms with Crippen molar-refractivity contribution in [3.8, 4) is 5.75 Å². The first kappa shape index (κ1) is 17.1. The number of carboxylic acids is 1. The number of thioether (sulfide) groups is 1. The molecule has 0 saturated carbocycles. The van der Waals surface area contributed by atoms with Crippen LogP contribution in [0.2, 0.25) is 5.02 Å². The summed E-state index contributed by atoms with van der Waals surface area (Å²) >= 11 is 10.6. The number of rotatable bonds is 6. The third-order valence-corrected chi connectivity index (χ3v) is 5.06. The van der Waals surface area contributed by atoms with Crippen molar-refractivity contribution in [1.29, 1.82) is 0 Å². The lowest BCUT2D eigenvalue weighted by atomic mass is 10.1. The van der Waals surface area contributed by atoms with E-state index < -0.39 is 5.97 Å². The van der Waals surface area contributed by atoms with E-state index in [0.717, 1.165) is 27.4 Å². The number of hydrogen-bond donors (Lipinski definition) is 1. The molecule has 1 heterocycles. The number of ether oxygens (including phenoxy) is 1. The molecule has 6 nitrogen and oxygen atoms in total. The number of carboxylic acid groups (broad SMARTS) is 1. The molecule has 0 aliphatic carbocycles. The Kier molecular flexibility index (Phi) is 5.71. The third kappa shape index (κ3) is 4.15. The van der Waals surface area contributed by atoms with Gasteiger partial charge in [-0.1, -0.05) is 23.4 Å². The smallest absolute Gasteiger partial charge is 0.314 e. The van der Waals surface area contributed by atoms with Crippen LogP contribution in [0.3, 0.4) is 0 Å². The van der Waals surface area contributed by atoms with E-state index in [1.807, 2.05) is 19.9 Å². The first-order valence-electron chi connectivity index (χ1n) is 6.13. The van der Waals surface area contributed by atoms with Gasteiger partial charge in [0.05, 0.1) is 4.47 Å². The van der Waals surface area contributed by atoms with Crippen molar-refractivity contribution in [1.82, 2.24) is 10.2 Å². The molecule has 118 valence electrons. The van der Waals surface area contributed by atoms with Gasteiger partial charge in [0.15, 0.2) is 6.61 Å². The molecular formula is C13H12BrClN2O4S. The molecule has 0 spiro atoms. The second-order valence-corrected chi connectivity index (χ2v) is 6.47. The van der Waals surface area contributed by atoms with E-state index in [0.29, 0.717) is 10.8 Å². The Hall–Kier alpha value is -1.25. The highest BCUT2D eigenvalue weighted by Crippen LogP contribution is 2.36. The van der Waals surface area contributed by atoms with E-state index in [1.165, 1.54) is 0 Å². The van der Waals surface area contributed by atoms with Crippen molar-refractivity contribution in [2.75, 3.05) is 5.75 Å². The Balaban J connectivity index is 2.03. The molecule has 0 unspecified atom stereocenters. The van der Waals surface area contributed by atoms with Crippen LogP contribution in [-0.4, -0.2) is 27.0 Å². The van der Waals surface area contributed by atoms with Gasteiger partial charge in [-0.3, -0.25) is 4.79 Å². The maximum absolute atomic E-state index is 10.5. The number of carbonyl (C=O) groups is 1. The van der Waals surface area contributed by atoms with Gasteiger partial charge in [0, 0.05) is 5.02 Å². The van der Waals surface area contributed by atoms with Crippen molar-refractivity contribution >= 4 is 45.3 Å². The molecule has 9 heteroatoms. The Morgan fingerprint density at radius 2 is 2.23 bits per heavy atom. The lowest BCUT2D eigenvalue weighted by Gasteiger charge is -2.11. The molecule has 1 aromatic heterocycles. The monoisotopic (exact) mass is 406 g/mol. The summed E-state index contributed by atoms with van der Waals surface area (Å²) in [6.07, 6.45) is 0. The minimum Gasteiger partial charge on any atom is -0.483 e. The summed E-state index contributed by atoms with van der Waals surface area (Å²) in [5, 5.41) is 17.0. The standard InChI is InChI=1S/C13H12BrClN2O4S/c1-6-3-8(11(14)7(2)12(6)15)20-4-9-16-17-13(21-9)22-5-10(18)19/h3H,4-5H2,1-2H3,(H,18,19). The molecule has 2 rings (SSSR count). The number of nitrogens with zero attached hydrogens (tertiary/aromatic N) is 2. The molecule has 1 aromatic carbocycles. The number of benzene rings is 1. The molecule has 22 heavy (non-hydrogen) atoms. The summed E-state index contributed by atoms with van der Waals surface area (Å²) in [7, 11) is 0. The lowest BCUT2D eigenvalue weighted by molar-refractivity contribution is -0.133. The van der Waals surface area contributed by atoms with Crippen LogP contribution < -0.4 is 4.74 Å². The molecule has 0 bridgehead atoms. The maximum atomic E-state index is 10.5. The van der Waals surface area contributed by atoms with Gasteiger partial charge >= 0.3 is 5.97 Å². The Bertz CT molecular complexity index is 708. The molecule has 0 aliphatic rings. The molecule has 2 aromatic rings. The van der Waals surface area contributed by atoms with Gasteiger partial charge in [0.25, 0.3) is 11.1 Å². The van der Waals surface area contributed by atoms with Crippen molar-refractivity contribution in [3.05, 3.63) is 32.6 Å². The second kappa shape index (κ2) is 7.34. The fourth-order valence-electron chi connectivity index (χ4n) is 1.62. The zero-order chi connectivity index (χ0) is 16.3. The highest BCUT2D eigenvalue weighted by molar-refractivity contribution is 9.10. The third-order valence-electron chi connectivity index (χ3n) is 2.69. The predicted octanol–water partition coefficient (Wildman–Crippen LogP) is 3.86. The largest absolute Gasteiger partial charge is 0.483 e. The summed E-state index contributed by atoms with van der Waals surface area (Å²) in [4.78, 5) is 10.5. The predicted molar refractivity (Wildman–Crippen MR) is 85.6 cm³/mol. The van der Waals surface area contributed by atoms with Gasteiger partial charge < -0.3 is 14.3 Å². The lowest BCUT2D eigenvalue weighted by Crippen LogP contribution is -1.98. The van der Waals surface area contributed by atoms with Crippen LogP contribution in [0.5, 0.6) is 5.75 Å². The van der Waals surface area contributed by atoms with Crippen LogP contribution in [0.1, 0.15) is 17.0 Å². The van der Waals surface area contributed by atoms with Crippen LogP contribution in [0.4, 0.5) is 0 Å². The Labute approximate surface area is 144 Å². The molecule has 0 amide bonds. The summed E-state index contributed by atoms with van der Waals surface area (Å²) < 4.78 is 11.7. The Morgan fingerprint density at radius 1 is 1.50 bits per heavy atom. The highest BCUT2D eigenvalue weighted by atomic mass is 79.9. The molecular weight excluding hydrogens is 396 g/mol. The maximum Gasteiger partial charge on any atom is 0.314 e. The molecule has 0 fully saturated rings. The number of hydrogen-bond acceptors (Lipinski definition) is 6. The van der Waals surface area contributed by atoms with E-state index in [4.69, 9.17) is 25.9 Å². The molecule has 0 aliphatic heterocycles. The summed E-state index contributed by atoms with van der Waals surface area (Å²) in [5.74, 6) is -0.191. The second-order valence-electron chi connectivity index (χ2n) is 4.38. The van der Waals surface area contributed by atoms with Gasteiger partial charge in [0.1, 0.15) is 11.5 Å². The SMILES string of the molecule is Cc1cc(OCc2nnc(SCC(=O)O)o2)c(Br)c(C)c1Cl. The van der Waals surface area contributed by atoms with Crippen molar-refractivity contribution in [2.24, 2.45) is 0 Å². The summed E-state index contributed by atoms with van der Waals surface area (Å²) in [6, 6.07) is 1.82. The number of aromatic nitrogens is 2.